The summed E-state index contributed by atoms with van der Waals surface area (Å²) in [5, 5.41) is 3.56. The summed E-state index contributed by atoms with van der Waals surface area (Å²) in [6.45, 7) is 0.871. The van der Waals surface area contributed by atoms with E-state index >= 15 is 0 Å². The van der Waals surface area contributed by atoms with Crippen LogP contribution in [0.15, 0.2) is 42.5 Å². The predicted molar refractivity (Wildman–Crippen MR) is 109 cm³/mol. The molecule has 7 heteroatoms. The maximum absolute atomic E-state index is 12.3. The summed E-state index contributed by atoms with van der Waals surface area (Å²) < 4.78 is 11.2. The number of halogens is 2. The van der Waals surface area contributed by atoms with Crippen LogP contribution in [0.5, 0.6) is 11.5 Å². The third-order valence-corrected chi connectivity index (χ3v) is 4.71. The number of nitrogens with one attached hydrogen (secondary N) is 1. The highest BCUT2D eigenvalue weighted by Gasteiger charge is 2.28. The number of hydrogen-bond acceptors (Lipinski definition) is 4. The van der Waals surface area contributed by atoms with Gasteiger partial charge in [-0.05, 0) is 54.7 Å². The van der Waals surface area contributed by atoms with Gasteiger partial charge >= 0.3 is 0 Å². The number of amides is 1. The van der Waals surface area contributed by atoms with Crippen LogP contribution in [-0.4, -0.2) is 25.6 Å². The summed E-state index contributed by atoms with van der Waals surface area (Å²) in [7, 11) is 1.55. The number of carbonyl (C=O) groups excluding carboxylic acids is 1. The van der Waals surface area contributed by atoms with Gasteiger partial charge in [0.25, 0.3) is 5.91 Å². The highest BCUT2D eigenvalue weighted by atomic mass is 35.5. The fraction of sp³-hybridized carbons (Fsp3) is 0.350. The standard InChI is InChI=1S/C20H23ClN2O3.ClH/c1-25-19-10-15(20(24)23-11-17(22)14-4-5-14)6-9-18(19)26-12-13-2-7-16(21)8-3-13;/h2-3,6-10,14,17H,4-5,11-12,22H2,1H3,(H,23,24);1H. The highest BCUT2D eigenvalue weighted by Crippen LogP contribution is 2.31. The van der Waals surface area contributed by atoms with E-state index in [1.165, 1.54) is 0 Å². The van der Waals surface area contributed by atoms with Gasteiger partial charge in [-0.3, -0.25) is 4.79 Å². The molecule has 1 aliphatic rings. The molecule has 27 heavy (non-hydrogen) atoms. The van der Waals surface area contributed by atoms with E-state index in [0.717, 1.165) is 18.4 Å². The van der Waals surface area contributed by atoms with Gasteiger partial charge in [0.05, 0.1) is 7.11 Å². The largest absolute Gasteiger partial charge is 0.493 e. The normalized spacial score (nSPS) is 14.0. The molecule has 0 spiro atoms. The van der Waals surface area contributed by atoms with E-state index in [4.69, 9.17) is 26.8 Å². The van der Waals surface area contributed by atoms with E-state index in [1.54, 1.807) is 25.3 Å². The summed E-state index contributed by atoms with van der Waals surface area (Å²) in [5.41, 5.74) is 7.53. The van der Waals surface area contributed by atoms with E-state index in [2.05, 4.69) is 5.32 Å². The van der Waals surface area contributed by atoms with E-state index in [-0.39, 0.29) is 24.4 Å². The molecule has 1 unspecified atom stereocenters. The third kappa shape index (κ3) is 6.03. The zero-order valence-corrected chi connectivity index (χ0v) is 16.7. The molecule has 0 aliphatic heterocycles. The summed E-state index contributed by atoms with van der Waals surface area (Å²) in [6.07, 6.45) is 2.31. The lowest BCUT2D eigenvalue weighted by molar-refractivity contribution is 0.0950. The quantitative estimate of drug-likeness (QED) is 0.693. The second-order valence-corrected chi connectivity index (χ2v) is 6.93. The van der Waals surface area contributed by atoms with Crippen molar-refractivity contribution in [2.75, 3.05) is 13.7 Å². The number of benzene rings is 2. The summed E-state index contributed by atoms with van der Waals surface area (Å²) in [5.74, 6) is 1.48. The van der Waals surface area contributed by atoms with Gasteiger partial charge in [0.15, 0.2) is 11.5 Å². The van der Waals surface area contributed by atoms with Crippen LogP contribution in [0.2, 0.25) is 5.02 Å². The second-order valence-electron chi connectivity index (χ2n) is 6.49. The zero-order chi connectivity index (χ0) is 18.5. The molecule has 0 bridgehead atoms. The van der Waals surface area contributed by atoms with E-state index in [9.17, 15) is 4.79 Å². The first-order chi connectivity index (χ1) is 12.6. The average Bonchev–Trinajstić information content (AvgIpc) is 3.50. The fourth-order valence-electron chi connectivity index (χ4n) is 2.67. The first-order valence-corrected chi connectivity index (χ1v) is 9.03. The fourth-order valence-corrected chi connectivity index (χ4v) is 2.80. The Kier molecular flexibility index (Phi) is 7.78. The van der Waals surface area contributed by atoms with Gasteiger partial charge in [0.1, 0.15) is 6.61 Å². The van der Waals surface area contributed by atoms with Crippen molar-refractivity contribution in [3.05, 3.63) is 58.6 Å². The van der Waals surface area contributed by atoms with Crippen molar-refractivity contribution in [1.29, 1.82) is 0 Å². The zero-order valence-electron chi connectivity index (χ0n) is 15.1. The lowest BCUT2D eigenvalue weighted by Crippen LogP contribution is -2.38. The van der Waals surface area contributed by atoms with Gasteiger partial charge in [-0.15, -0.1) is 12.4 Å². The first kappa shape index (κ1) is 21.4. The topological polar surface area (TPSA) is 73.6 Å². The molecule has 1 aliphatic carbocycles. The predicted octanol–water partition coefficient (Wildman–Crippen LogP) is 3.82. The van der Waals surface area contributed by atoms with Gasteiger partial charge in [0, 0.05) is 23.2 Å². The van der Waals surface area contributed by atoms with Crippen molar-refractivity contribution in [2.45, 2.75) is 25.5 Å². The van der Waals surface area contributed by atoms with Crippen LogP contribution in [0.25, 0.3) is 0 Å². The number of methoxy groups -OCH3 is 1. The lowest BCUT2D eigenvalue weighted by Gasteiger charge is -2.14. The van der Waals surface area contributed by atoms with Crippen LogP contribution in [0.4, 0.5) is 0 Å². The maximum atomic E-state index is 12.3. The molecular formula is C20H24Cl2N2O3. The molecule has 1 fully saturated rings. The minimum absolute atomic E-state index is 0. The van der Waals surface area contributed by atoms with Crippen LogP contribution in [-0.2, 0) is 6.61 Å². The molecule has 0 saturated heterocycles. The summed E-state index contributed by atoms with van der Waals surface area (Å²) in [6, 6.07) is 12.6. The molecule has 146 valence electrons. The number of carbonyl (C=O) groups is 1. The summed E-state index contributed by atoms with van der Waals surface area (Å²) >= 11 is 5.88. The molecule has 5 nitrogen and oxygen atoms in total. The minimum Gasteiger partial charge on any atom is -0.493 e. The van der Waals surface area contributed by atoms with Gasteiger partial charge in [-0.25, -0.2) is 0 Å². The number of hydrogen-bond donors (Lipinski definition) is 2. The Bertz CT molecular complexity index is 764. The molecule has 1 saturated carbocycles. The van der Waals surface area contributed by atoms with E-state index in [0.29, 0.717) is 41.2 Å². The molecule has 2 aromatic carbocycles. The van der Waals surface area contributed by atoms with Crippen LogP contribution >= 0.6 is 24.0 Å². The Balaban J connectivity index is 0.00000261. The second kappa shape index (κ2) is 9.83. The van der Waals surface area contributed by atoms with Crippen molar-refractivity contribution < 1.29 is 14.3 Å². The van der Waals surface area contributed by atoms with Crippen LogP contribution in [0.3, 0.4) is 0 Å². The van der Waals surface area contributed by atoms with E-state index in [1.807, 2.05) is 24.3 Å². The molecular weight excluding hydrogens is 387 g/mol. The molecule has 1 amide bonds. The maximum Gasteiger partial charge on any atom is 0.251 e. The van der Waals surface area contributed by atoms with E-state index < -0.39 is 0 Å². The van der Waals surface area contributed by atoms with Crippen molar-refractivity contribution in [2.24, 2.45) is 11.7 Å². The van der Waals surface area contributed by atoms with Crippen molar-refractivity contribution in [3.63, 3.8) is 0 Å². The monoisotopic (exact) mass is 410 g/mol. The number of rotatable bonds is 8. The SMILES string of the molecule is COc1cc(C(=O)NCC(N)C2CC2)ccc1OCc1ccc(Cl)cc1.Cl. The number of nitrogens with two attached hydrogens (primary N) is 1. The van der Waals surface area contributed by atoms with Gasteiger partial charge in [-0.2, -0.15) is 0 Å². The Hall–Kier alpha value is -1.95. The molecule has 1 atom stereocenters. The first-order valence-electron chi connectivity index (χ1n) is 8.66. The molecule has 0 aromatic heterocycles. The Labute approximate surface area is 170 Å². The third-order valence-electron chi connectivity index (χ3n) is 4.46. The Morgan fingerprint density at radius 2 is 1.93 bits per heavy atom. The van der Waals surface area contributed by atoms with Gasteiger partial charge in [0.2, 0.25) is 0 Å². The van der Waals surface area contributed by atoms with Crippen molar-refractivity contribution in [1.82, 2.24) is 5.32 Å². The molecule has 3 rings (SSSR count). The van der Waals surface area contributed by atoms with Crippen LogP contribution < -0.4 is 20.5 Å². The van der Waals surface area contributed by atoms with Crippen molar-refractivity contribution >= 4 is 29.9 Å². The smallest absolute Gasteiger partial charge is 0.251 e. The Morgan fingerprint density at radius 3 is 2.56 bits per heavy atom. The van der Waals surface area contributed by atoms with Crippen LogP contribution in [0.1, 0.15) is 28.8 Å². The molecule has 0 heterocycles. The highest BCUT2D eigenvalue weighted by molar-refractivity contribution is 6.30. The molecule has 3 N–H and O–H groups in total. The molecule has 2 aromatic rings. The number of ether oxygens (including phenoxy) is 2. The van der Waals surface area contributed by atoms with Crippen LogP contribution in [0, 0.1) is 5.92 Å². The molecule has 0 radical (unpaired) electrons. The van der Waals surface area contributed by atoms with Gasteiger partial charge < -0.3 is 20.5 Å². The minimum atomic E-state index is -0.163. The summed E-state index contributed by atoms with van der Waals surface area (Å²) in [4.78, 5) is 12.3. The van der Waals surface area contributed by atoms with Gasteiger partial charge in [-0.1, -0.05) is 23.7 Å². The Morgan fingerprint density at radius 1 is 1.22 bits per heavy atom. The average molecular weight is 411 g/mol. The lowest BCUT2D eigenvalue weighted by atomic mass is 10.1. The van der Waals surface area contributed by atoms with Crippen molar-refractivity contribution in [3.8, 4) is 11.5 Å².